The summed E-state index contributed by atoms with van der Waals surface area (Å²) in [5.41, 5.74) is 2.25. The number of aromatic carboxylic acids is 1. The zero-order valence-electron chi connectivity index (χ0n) is 14.4. The highest BCUT2D eigenvalue weighted by atomic mass is 35.5. The van der Waals surface area contributed by atoms with Gasteiger partial charge >= 0.3 is 5.97 Å². The maximum atomic E-state index is 12.4. The van der Waals surface area contributed by atoms with E-state index in [1.807, 2.05) is 23.1 Å². The summed E-state index contributed by atoms with van der Waals surface area (Å²) in [7, 11) is 0. The quantitative estimate of drug-likeness (QED) is 0.876. The van der Waals surface area contributed by atoms with Crippen LogP contribution in [0.15, 0.2) is 48.5 Å². The molecule has 1 amide bonds. The van der Waals surface area contributed by atoms with Crippen molar-refractivity contribution in [3.63, 3.8) is 0 Å². The van der Waals surface area contributed by atoms with Crippen molar-refractivity contribution in [2.24, 2.45) is 0 Å². The van der Waals surface area contributed by atoms with E-state index in [0.717, 1.165) is 24.2 Å². The summed E-state index contributed by atoms with van der Waals surface area (Å²) in [6.07, 6.45) is 0.387. The number of benzene rings is 2. The fraction of sp³-hybridized carbons (Fsp3) is 0.300. The van der Waals surface area contributed by atoms with Gasteiger partial charge in [0.25, 0.3) is 0 Å². The van der Waals surface area contributed by atoms with Crippen LogP contribution in [0.5, 0.6) is 0 Å². The number of halogens is 1. The second-order valence-corrected chi connectivity index (χ2v) is 6.90. The molecular formula is C20H21ClN2O3. The molecule has 1 aliphatic rings. The molecule has 0 radical (unpaired) electrons. The largest absolute Gasteiger partial charge is 0.478 e. The first-order valence-corrected chi connectivity index (χ1v) is 8.96. The lowest BCUT2D eigenvalue weighted by molar-refractivity contribution is -0.132. The van der Waals surface area contributed by atoms with Crippen LogP contribution < -0.4 is 0 Å². The minimum absolute atomic E-state index is 0.125. The molecule has 136 valence electrons. The predicted octanol–water partition coefficient (Wildman–Crippen LogP) is 2.93. The van der Waals surface area contributed by atoms with Crippen molar-refractivity contribution in [1.82, 2.24) is 9.80 Å². The Morgan fingerprint density at radius 1 is 0.962 bits per heavy atom. The zero-order valence-corrected chi connectivity index (χ0v) is 15.2. The number of amides is 1. The number of piperazine rings is 1. The molecule has 2 aromatic rings. The van der Waals surface area contributed by atoms with Crippen LogP contribution in [0.1, 0.15) is 21.5 Å². The molecule has 0 atom stereocenters. The van der Waals surface area contributed by atoms with E-state index in [1.165, 1.54) is 0 Å². The lowest BCUT2D eigenvalue weighted by Crippen LogP contribution is -2.48. The molecule has 3 rings (SSSR count). The lowest BCUT2D eigenvalue weighted by atomic mass is 10.1. The minimum Gasteiger partial charge on any atom is -0.478 e. The Morgan fingerprint density at radius 2 is 1.65 bits per heavy atom. The number of hydrogen-bond donors (Lipinski definition) is 1. The number of carboxylic acids is 1. The van der Waals surface area contributed by atoms with Gasteiger partial charge in [-0.25, -0.2) is 4.79 Å². The molecule has 6 heteroatoms. The Labute approximate surface area is 157 Å². The zero-order chi connectivity index (χ0) is 18.5. The molecule has 0 unspecified atom stereocenters. The summed E-state index contributed by atoms with van der Waals surface area (Å²) in [5, 5.41) is 9.75. The van der Waals surface area contributed by atoms with Gasteiger partial charge in [0.15, 0.2) is 0 Å². The first-order chi connectivity index (χ1) is 12.5. The Bertz CT molecular complexity index is 784. The maximum absolute atomic E-state index is 12.4. The molecule has 0 aromatic heterocycles. The second-order valence-electron chi connectivity index (χ2n) is 6.47. The molecule has 1 aliphatic heterocycles. The molecular weight excluding hydrogens is 352 g/mol. The second kappa shape index (κ2) is 8.34. The van der Waals surface area contributed by atoms with Crippen LogP contribution in [0.4, 0.5) is 0 Å². The van der Waals surface area contributed by atoms with Crippen LogP contribution in [0.2, 0.25) is 5.02 Å². The van der Waals surface area contributed by atoms with E-state index in [9.17, 15) is 9.59 Å². The summed E-state index contributed by atoms with van der Waals surface area (Å²) in [6.45, 7) is 3.63. The van der Waals surface area contributed by atoms with Crippen molar-refractivity contribution in [3.8, 4) is 0 Å². The van der Waals surface area contributed by atoms with Crippen LogP contribution in [-0.4, -0.2) is 53.0 Å². The molecule has 0 aliphatic carbocycles. The topological polar surface area (TPSA) is 60.9 Å². The van der Waals surface area contributed by atoms with E-state index in [0.29, 0.717) is 36.6 Å². The Kier molecular flexibility index (Phi) is 5.91. The Balaban J connectivity index is 1.50. The van der Waals surface area contributed by atoms with Crippen LogP contribution in [0, 0.1) is 0 Å². The van der Waals surface area contributed by atoms with Crippen LogP contribution in [0.25, 0.3) is 0 Å². The minimum atomic E-state index is -0.913. The smallest absolute Gasteiger partial charge is 0.335 e. The Hall–Kier alpha value is -2.37. The van der Waals surface area contributed by atoms with Crippen LogP contribution >= 0.6 is 11.6 Å². The highest BCUT2D eigenvalue weighted by Crippen LogP contribution is 2.14. The van der Waals surface area contributed by atoms with E-state index >= 15 is 0 Å². The third-order valence-corrected chi connectivity index (χ3v) is 4.83. The third-order valence-electron chi connectivity index (χ3n) is 4.57. The first kappa shape index (κ1) is 18.4. The average molecular weight is 373 g/mol. The van der Waals surface area contributed by atoms with Gasteiger partial charge < -0.3 is 10.0 Å². The van der Waals surface area contributed by atoms with Crippen molar-refractivity contribution in [3.05, 3.63) is 70.2 Å². The van der Waals surface area contributed by atoms with Crippen LogP contribution in [-0.2, 0) is 17.8 Å². The highest BCUT2D eigenvalue weighted by Gasteiger charge is 2.21. The van der Waals surface area contributed by atoms with Crippen molar-refractivity contribution in [1.29, 1.82) is 0 Å². The van der Waals surface area contributed by atoms with Gasteiger partial charge in [0.05, 0.1) is 12.0 Å². The highest BCUT2D eigenvalue weighted by molar-refractivity contribution is 6.30. The maximum Gasteiger partial charge on any atom is 0.335 e. The molecule has 26 heavy (non-hydrogen) atoms. The molecule has 1 fully saturated rings. The number of carboxylic acid groups (broad SMARTS) is 1. The van der Waals surface area contributed by atoms with Gasteiger partial charge in [0.1, 0.15) is 0 Å². The summed E-state index contributed by atoms with van der Waals surface area (Å²) >= 11 is 5.87. The monoisotopic (exact) mass is 372 g/mol. The van der Waals surface area contributed by atoms with Gasteiger partial charge in [-0.05, 0) is 35.4 Å². The van der Waals surface area contributed by atoms with Gasteiger partial charge in [-0.1, -0.05) is 35.9 Å². The molecule has 0 spiro atoms. The number of nitrogens with zero attached hydrogens (tertiary/aromatic N) is 2. The molecule has 0 bridgehead atoms. The average Bonchev–Trinajstić information content (AvgIpc) is 2.64. The van der Waals surface area contributed by atoms with Gasteiger partial charge in [0.2, 0.25) is 5.91 Å². The predicted molar refractivity (Wildman–Crippen MR) is 100 cm³/mol. The van der Waals surface area contributed by atoms with Crippen molar-refractivity contribution in [2.75, 3.05) is 26.2 Å². The van der Waals surface area contributed by atoms with Crippen molar-refractivity contribution in [2.45, 2.75) is 13.0 Å². The van der Waals surface area contributed by atoms with Gasteiger partial charge in [0, 0.05) is 37.7 Å². The summed E-state index contributed by atoms with van der Waals surface area (Å²) < 4.78 is 0. The first-order valence-electron chi connectivity index (χ1n) is 8.58. The van der Waals surface area contributed by atoms with Crippen molar-refractivity contribution >= 4 is 23.5 Å². The standard InChI is InChI=1S/C20H21ClN2O3/c21-18-6-4-15(5-7-18)13-19(24)23-10-8-22(9-11-23)14-16-2-1-3-17(12-16)20(25)26/h1-7,12H,8-11,13-14H2,(H,25,26). The molecule has 1 saturated heterocycles. The lowest BCUT2D eigenvalue weighted by Gasteiger charge is -2.35. The van der Waals surface area contributed by atoms with E-state index < -0.39 is 5.97 Å². The summed E-state index contributed by atoms with van der Waals surface area (Å²) in [4.78, 5) is 27.6. The number of rotatable bonds is 5. The number of carbonyl (C=O) groups is 2. The van der Waals surface area contributed by atoms with E-state index in [1.54, 1.807) is 30.3 Å². The van der Waals surface area contributed by atoms with E-state index in [2.05, 4.69) is 4.90 Å². The van der Waals surface area contributed by atoms with E-state index in [4.69, 9.17) is 16.7 Å². The molecule has 2 aromatic carbocycles. The summed E-state index contributed by atoms with van der Waals surface area (Å²) in [5.74, 6) is -0.788. The third kappa shape index (κ3) is 4.84. The molecule has 1 N–H and O–H groups in total. The van der Waals surface area contributed by atoms with Crippen LogP contribution in [0.3, 0.4) is 0 Å². The SMILES string of the molecule is O=C(O)c1cccc(CN2CCN(C(=O)Cc3ccc(Cl)cc3)CC2)c1. The Morgan fingerprint density at radius 3 is 2.31 bits per heavy atom. The molecule has 0 saturated carbocycles. The summed E-state index contributed by atoms with van der Waals surface area (Å²) in [6, 6.07) is 14.4. The number of hydrogen-bond acceptors (Lipinski definition) is 3. The number of carbonyl (C=O) groups excluding carboxylic acids is 1. The normalized spacial score (nSPS) is 15.0. The molecule has 1 heterocycles. The molecule has 5 nitrogen and oxygen atoms in total. The van der Waals surface area contributed by atoms with Gasteiger partial charge in [-0.15, -0.1) is 0 Å². The van der Waals surface area contributed by atoms with Gasteiger partial charge in [-0.3, -0.25) is 9.69 Å². The van der Waals surface area contributed by atoms with E-state index in [-0.39, 0.29) is 5.91 Å². The van der Waals surface area contributed by atoms with Crippen molar-refractivity contribution < 1.29 is 14.7 Å². The van der Waals surface area contributed by atoms with Gasteiger partial charge in [-0.2, -0.15) is 0 Å². The fourth-order valence-corrected chi connectivity index (χ4v) is 3.23. The fourth-order valence-electron chi connectivity index (χ4n) is 3.10.